The van der Waals surface area contributed by atoms with Crippen LogP contribution in [0.5, 0.6) is 5.75 Å². The van der Waals surface area contributed by atoms with E-state index in [2.05, 4.69) is 10.2 Å². The molecule has 5 heteroatoms. The number of hydrogen-bond donors (Lipinski definition) is 1. The van der Waals surface area contributed by atoms with Gasteiger partial charge in [-0.05, 0) is 51.1 Å². The van der Waals surface area contributed by atoms with E-state index in [4.69, 9.17) is 16.3 Å². The molecule has 116 valence electrons. The number of anilines is 1. The van der Waals surface area contributed by atoms with Crippen molar-refractivity contribution in [1.82, 2.24) is 4.90 Å². The summed E-state index contributed by atoms with van der Waals surface area (Å²) in [6, 6.07) is 5.07. The smallest absolute Gasteiger partial charge is 0.241 e. The maximum Gasteiger partial charge on any atom is 0.241 e. The highest BCUT2D eigenvalue weighted by Gasteiger charge is 2.22. The number of ether oxygens (including phenoxy) is 1. The van der Waals surface area contributed by atoms with Crippen molar-refractivity contribution >= 4 is 23.2 Å². The lowest BCUT2D eigenvalue weighted by molar-refractivity contribution is -0.120. The van der Waals surface area contributed by atoms with E-state index in [9.17, 15) is 4.79 Å². The Balaban J connectivity index is 2.04. The molecule has 0 radical (unpaired) electrons. The third-order valence-electron chi connectivity index (χ3n) is 3.99. The summed E-state index contributed by atoms with van der Waals surface area (Å²) in [5, 5.41) is 3.51. The SMILES string of the molecule is COc1ccc(Cl)cc1NC(=O)[C@@H](C)N1CCCCCC1. The van der Waals surface area contributed by atoms with Crippen LogP contribution in [0.2, 0.25) is 5.02 Å². The second-order valence-electron chi connectivity index (χ2n) is 5.46. The van der Waals surface area contributed by atoms with Crippen LogP contribution in [0.4, 0.5) is 5.69 Å². The topological polar surface area (TPSA) is 41.6 Å². The quantitative estimate of drug-likeness (QED) is 0.924. The summed E-state index contributed by atoms with van der Waals surface area (Å²) in [6.07, 6.45) is 4.84. The molecule has 4 nitrogen and oxygen atoms in total. The molecule has 1 heterocycles. The third kappa shape index (κ3) is 4.35. The van der Waals surface area contributed by atoms with Gasteiger partial charge in [0, 0.05) is 5.02 Å². The Morgan fingerprint density at radius 2 is 1.95 bits per heavy atom. The fourth-order valence-corrected chi connectivity index (χ4v) is 2.84. The summed E-state index contributed by atoms with van der Waals surface area (Å²) >= 11 is 5.99. The van der Waals surface area contributed by atoms with Crippen molar-refractivity contribution in [3.8, 4) is 5.75 Å². The van der Waals surface area contributed by atoms with Crippen LogP contribution in [0.1, 0.15) is 32.6 Å². The van der Waals surface area contributed by atoms with Crippen LogP contribution in [-0.4, -0.2) is 37.0 Å². The first-order valence-corrected chi connectivity index (χ1v) is 7.88. The molecule has 1 atom stereocenters. The number of benzene rings is 1. The van der Waals surface area contributed by atoms with E-state index in [1.54, 1.807) is 25.3 Å². The Kier molecular flexibility index (Phi) is 5.88. The molecule has 0 saturated carbocycles. The number of halogens is 1. The third-order valence-corrected chi connectivity index (χ3v) is 4.22. The van der Waals surface area contributed by atoms with Crippen LogP contribution in [0, 0.1) is 0 Å². The summed E-state index contributed by atoms with van der Waals surface area (Å²) < 4.78 is 5.26. The van der Waals surface area contributed by atoms with Crippen molar-refractivity contribution in [2.75, 3.05) is 25.5 Å². The lowest BCUT2D eigenvalue weighted by atomic mass is 10.2. The average molecular weight is 311 g/mol. The monoisotopic (exact) mass is 310 g/mol. The minimum atomic E-state index is -0.146. The number of amides is 1. The number of carbonyl (C=O) groups excluding carboxylic acids is 1. The maximum absolute atomic E-state index is 12.5. The molecule has 1 aliphatic heterocycles. The fourth-order valence-electron chi connectivity index (χ4n) is 2.66. The molecule has 1 aromatic carbocycles. The Bertz CT molecular complexity index is 485. The van der Waals surface area contributed by atoms with Crippen molar-refractivity contribution < 1.29 is 9.53 Å². The van der Waals surface area contributed by atoms with Gasteiger partial charge in [-0.3, -0.25) is 9.69 Å². The van der Waals surface area contributed by atoms with Gasteiger partial charge in [-0.2, -0.15) is 0 Å². The standard InChI is InChI=1S/C16H23ClN2O2/c1-12(19-9-5-3-4-6-10-19)16(20)18-14-11-13(17)7-8-15(14)21-2/h7-8,11-12H,3-6,9-10H2,1-2H3,(H,18,20)/t12-/m1/s1. The number of hydrogen-bond acceptors (Lipinski definition) is 3. The first-order valence-electron chi connectivity index (χ1n) is 7.50. The molecule has 1 fully saturated rings. The van der Waals surface area contributed by atoms with Crippen LogP contribution < -0.4 is 10.1 Å². The first kappa shape index (κ1) is 16.1. The highest BCUT2D eigenvalue weighted by Crippen LogP contribution is 2.28. The summed E-state index contributed by atoms with van der Waals surface area (Å²) in [7, 11) is 1.58. The van der Waals surface area contributed by atoms with Gasteiger partial charge >= 0.3 is 0 Å². The molecular weight excluding hydrogens is 288 g/mol. The molecular formula is C16H23ClN2O2. The van der Waals surface area contributed by atoms with E-state index >= 15 is 0 Å². The van der Waals surface area contributed by atoms with Crippen LogP contribution in [0.25, 0.3) is 0 Å². The maximum atomic E-state index is 12.5. The minimum Gasteiger partial charge on any atom is -0.495 e. The normalized spacial score (nSPS) is 17.9. The molecule has 0 bridgehead atoms. The fraction of sp³-hybridized carbons (Fsp3) is 0.562. The predicted molar refractivity (Wildman–Crippen MR) is 86.1 cm³/mol. The first-order chi connectivity index (χ1) is 10.1. The van der Waals surface area contributed by atoms with Gasteiger partial charge in [-0.25, -0.2) is 0 Å². The van der Waals surface area contributed by atoms with E-state index in [-0.39, 0.29) is 11.9 Å². The van der Waals surface area contributed by atoms with Gasteiger partial charge in [0.15, 0.2) is 0 Å². The molecule has 0 spiro atoms. The molecule has 0 aliphatic carbocycles. The Morgan fingerprint density at radius 1 is 1.29 bits per heavy atom. The van der Waals surface area contributed by atoms with Gasteiger partial charge in [0.1, 0.15) is 5.75 Å². The second kappa shape index (κ2) is 7.66. The Morgan fingerprint density at radius 3 is 2.57 bits per heavy atom. The average Bonchev–Trinajstić information content (AvgIpc) is 2.75. The van der Waals surface area contributed by atoms with Gasteiger partial charge in [0.25, 0.3) is 0 Å². The van der Waals surface area contributed by atoms with Crippen LogP contribution in [-0.2, 0) is 4.79 Å². The van der Waals surface area contributed by atoms with E-state index in [0.717, 1.165) is 25.9 Å². The largest absolute Gasteiger partial charge is 0.495 e. The molecule has 1 N–H and O–H groups in total. The minimum absolute atomic E-state index is 0.0162. The van der Waals surface area contributed by atoms with Crippen LogP contribution >= 0.6 is 11.6 Å². The molecule has 1 aliphatic rings. The number of likely N-dealkylation sites (tertiary alicyclic amines) is 1. The Labute approximate surface area is 131 Å². The summed E-state index contributed by atoms with van der Waals surface area (Å²) in [5.41, 5.74) is 0.622. The summed E-state index contributed by atoms with van der Waals surface area (Å²) in [5.74, 6) is 0.605. The van der Waals surface area contributed by atoms with Gasteiger partial charge in [-0.1, -0.05) is 24.4 Å². The van der Waals surface area contributed by atoms with Gasteiger partial charge in [-0.15, -0.1) is 0 Å². The van der Waals surface area contributed by atoms with Crippen LogP contribution in [0.3, 0.4) is 0 Å². The lowest BCUT2D eigenvalue weighted by Gasteiger charge is -2.26. The molecule has 1 aromatic rings. The van der Waals surface area contributed by atoms with Gasteiger partial charge in [0.2, 0.25) is 5.91 Å². The van der Waals surface area contributed by atoms with Gasteiger partial charge in [0.05, 0.1) is 18.8 Å². The lowest BCUT2D eigenvalue weighted by Crippen LogP contribution is -2.42. The molecule has 1 saturated heterocycles. The number of methoxy groups -OCH3 is 1. The summed E-state index contributed by atoms with van der Waals surface area (Å²) in [6.45, 7) is 3.93. The van der Waals surface area contributed by atoms with E-state index in [1.165, 1.54) is 12.8 Å². The van der Waals surface area contributed by atoms with Gasteiger partial charge < -0.3 is 10.1 Å². The highest BCUT2D eigenvalue weighted by molar-refractivity contribution is 6.31. The number of nitrogens with one attached hydrogen (secondary N) is 1. The number of carbonyl (C=O) groups is 1. The zero-order valence-electron chi connectivity index (χ0n) is 12.7. The zero-order chi connectivity index (χ0) is 15.2. The number of rotatable bonds is 4. The second-order valence-corrected chi connectivity index (χ2v) is 5.90. The van der Waals surface area contributed by atoms with E-state index in [1.807, 2.05) is 6.92 Å². The predicted octanol–water partition coefficient (Wildman–Crippen LogP) is 3.55. The number of nitrogens with zero attached hydrogens (tertiary/aromatic N) is 1. The highest BCUT2D eigenvalue weighted by atomic mass is 35.5. The molecule has 0 aromatic heterocycles. The van der Waals surface area contributed by atoms with Crippen molar-refractivity contribution in [2.45, 2.75) is 38.6 Å². The molecule has 2 rings (SSSR count). The molecule has 21 heavy (non-hydrogen) atoms. The van der Waals surface area contributed by atoms with E-state index < -0.39 is 0 Å². The van der Waals surface area contributed by atoms with Crippen molar-refractivity contribution in [1.29, 1.82) is 0 Å². The van der Waals surface area contributed by atoms with Crippen molar-refractivity contribution in [3.05, 3.63) is 23.2 Å². The van der Waals surface area contributed by atoms with Crippen LogP contribution in [0.15, 0.2) is 18.2 Å². The Hall–Kier alpha value is -1.26. The summed E-state index contributed by atoms with van der Waals surface area (Å²) in [4.78, 5) is 14.7. The zero-order valence-corrected chi connectivity index (χ0v) is 13.4. The molecule has 0 unspecified atom stereocenters. The van der Waals surface area contributed by atoms with E-state index in [0.29, 0.717) is 16.5 Å². The van der Waals surface area contributed by atoms with Crippen molar-refractivity contribution in [3.63, 3.8) is 0 Å². The molecule has 1 amide bonds. The van der Waals surface area contributed by atoms with Crippen molar-refractivity contribution in [2.24, 2.45) is 0 Å².